The average molecular weight is 472 g/mol. The van der Waals surface area contributed by atoms with Crippen molar-refractivity contribution >= 4 is 23.4 Å². The van der Waals surface area contributed by atoms with Crippen LogP contribution in [-0.2, 0) is 4.79 Å². The van der Waals surface area contributed by atoms with E-state index in [2.05, 4.69) is 20.9 Å². The number of aromatic nitrogens is 3. The lowest BCUT2D eigenvalue weighted by molar-refractivity contribution is -0.116. The standard InChI is InChI=1S/C26H25N5O2S/c1-3-33-20-15-13-18(14-16-20)22-23(25(32)27-21-12-8-7-9-17(21)2)34-26-29-28-24(31(26)30-22)19-10-5-4-6-11-19/h4-16,22-23,30H,3H2,1-2H3,(H,27,32)/t22-,23+/m0/s1. The van der Waals surface area contributed by atoms with Crippen LogP contribution in [0.5, 0.6) is 5.75 Å². The number of para-hydroxylation sites is 1. The largest absolute Gasteiger partial charge is 0.494 e. The van der Waals surface area contributed by atoms with E-state index in [4.69, 9.17) is 4.74 Å². The number of hydrogen-bond acceptors (Lipinski definition) is 6. The van der Waals surface area contributed by atoms with Crippen LogP contribution in [0.3, 0.4) is 0 Å². The maximum Gasteiger partial charge on any atom is 0.240 e. The summed E-state index contributed by atoms with van der Waals surface area (Å²) < 4.78 is 7.48. The lowest BCUT2D eigenvalue weighted by Crippen LogP contribution is -2.41. The van der Waals surface area contributed by atoms with Crippen molar-refractivity contribution in [3.05, 3.63) is 90.0 Å². The number of anilines is 1. The summed E-state index contributed by atoms with van der Waals surface area (Å²) in [6.45, 7) is 4.54. The molecule has 1 aliphatic rings. The van der Waals surface area contributed by atoms with Crippen LogP contribution in [0.4, 0.5) is 5.69 Å². The minimum Gasteiger partial charge on any atom is -0.494 e. The first-order chi connectivity index (χ1) is 16.6. The maximum atomic E-state index is 13.5. The number of nitrogens with zero attached hydrogens (tertiary/aromatic N) is 3. The number of ether oxygens (including phenoxy) is 1. The molecule has 4 aromatic rings. The van der Waals surface area contributed by atoms with Gasteiger partial charge in [0.2, 0.25) is 11.1 Å². The van der Waals surface area contributed by atoms with Crippen LogP contribution >= 0.6 is 11.8 Å². The number of thioether (sulfide) groups is 1. The molecule has 0 fully saturated rings. The van der Waals surface area contributed by atoms with E-state index in [1.54, 1.807) is 0 Å². The highest BCUT2D eigenvalue weighted by atomic mass is 32.2. The van der Waals surface area contributed by atoms with Crippen molar-refractivity contribution < 1.29 is 9.53 Å². The predicted octanol–water partition coefficient (Wildman–Crippen LogP) is 5.05. The zero-order chi connectivity index (χ0) is 23.5. The van der Waals surface area contributed by atoms with Gasteiger partial charge in [-0.1, -0.05) is 72.4 Å². The predicted molar refractivity (Wildman–Crippen MR) is 135 cm³/mol. The van der Waals surface area contributed by atoms with E-state index in [0.717, 1.165) is 28.1 Å². The molecule has 34 heavy (non-hydrogen) atoms. The summed E-state index contributed by atoms with van der Waals surface area (Å²) in [5, 5.41) is 12.1. The highest BCUT2D eigenvalue weighted by Crippen LogP contribution is 2.39. The Balaban J connectivity index is 1.51. The second-order valence-corrected chi connectivity index (χ2v) is 9.07. The van der Waals surface area contributed by atoms with E-state index in [9.17, 15) is 4.79 Å². The smallest absolute Gasteiger partial charge is 0.240 e. The summed E-state index contributed by atoms with van der Waals surface area (Å²) in [6.07, 6.45) is 0. The first-order valence-corrected chi connectivity index (χ1v) is 12.1. The SMILES string of the molecule is CCOc1ccc([C@@H]2Nn3c(nnc3-c3ccccc3)S[C@H]2C(=O)Nc2ccccc2C)cc1. The number of carbonyl (C=O) groups excluding carboxylic acids is 1. The van der Waals surface area contributed by atoms with Gasteiger partial charge in [0.05, 0.1) is 12.6 Å². The lowest BCUT2D eigenvalue weighted by Gasteiger charge is -2.33. The molecule has 7 nitrogen and oxygen atoms in total. The molecule has 1 aromatic heterocycles. The zero-order valence-corrected chi connectivity index (χ0v) is 19.8. The number of nitrogens with one attached hydrogen (secondary N) is 2. The van der Waals surface area contributed by atoms with E-state index in [1.165, 1.54) is 11.8 Å². The fourth-order valence-corrected chi connectivity index (χ4v) is 5.01. The third-order valence-electron chi connectivity index (χ3n) is 5.68. The molecule has 0 saturated heterocycles. The quantitative estimate of drug-likeness (QED) is 0.410. The number of carbonyl (C=O) groups is 1. The Morgan fingerprint density at radius 1 is 1.03 bits per heavy atom. The molecular formula is C26H25N5O2S. The molecule has 8 heteroatoms. The molecule has 2 atom stereocenters. The Labute approximate surface area is 202 Å². The van der Waals surface area contributed by atoms with Crippen LogP contribution in [-0.4, -0.2) is 32.6 Å². The molecule has 3 aromatic carbocycles. The van der Waals surface area contributed by atoms with Crippen molar-refractivity contribution in [2.45, 2.75) is 30.3 Å². The van der Waals surface area contributed by atoms with Gasteiger partial charge >= 0.3 is 0 Å². The van der Waals surface area contributed by atoms with Gasteiger partial charge in [0.15, 0.2) is 5.82 Å². The van der Waals surface area contributed by atoms with Gasteiger partial charge in [-0.15, -0.1) is 10.2 Å². The minimum absolute atomic E-state index is 0.0961. The molecule has 0 bridgehead atoms. The number of aryl methyl sites for hydroxylation is 1. The molecule has 2 N–H and O–H groups in total. The fourth-order valence-electron chi connectivity index (χ4n) is 3.93. The van der Waals surface area contributed by atoms with Crippen molar-refractivity contribution in [3.8, 4) is 17.1 Å². The van der Waals surface area contributed by atoms with Crippen LogP contribution in [0.15, 0.2) is 84.0 Å². The number of amides is 1. The lowest BCUT2D eigenvalue weighted by atomic mass is 10.0. The highest BCUT2D eigenvalue weighted by Gasteiger charge is 2.38. The van der Waals surface area contributed by atoms with E-state index >= 15 is 0 Å². The molecule has 1 amide bonds. The fraction of sp³-hybridized carbons (Fsp3) is 0.192. The van der Waals surface area contributed by atoms with E-state index in [-0.39, 0.29) is 11.9 Å². The molecule has 0 unspecified atom stereocenters. The van der Waals surface area contributed by atoms with Gasteiger partial charge in [0.1, 0.15) is 11.0 Å². The summed E-state index contributed by atoms with van der Waals surface area (Å²) in [5.74, 6) is 1.41. The van der Waals surface area contributed by atoms with Gasteiger partial charge in [-0.25, -0.2) is 4.68 Å². The molecular weight excluding hydrogens is 446 g/mol. The number of hydrogen-bond donors (Lipinski definition) is 2. The summed E-state index contributed by atoms with van der Waals surface area (Å²) in [5.41, 5.74) is 7.24. The van der Waals surface area contributed by atoms with E-state index < -0.39 is 5.25 Å². The van der Waals surface area contributed by atoms with Crippen LogP contribution in [0, 0.1) is 6.92 Å². The highest BCUT2D eigenvalue weighted by molar-refractivity contribution is 8.00. The number of fused-ring (bicyclic) bond motifs is 1. The Kier molecular flexibility index (Phi) is 6.22. The van der Waals surface area contributed by atoms with Crippen LogP contribution < -0.4 is 15.5 Å². The van der Waals surface area contributed by atoms with Crippen molar-refractivity contribution in [1.82, 2.24) is 14.9 Å². The first kappa shape index (κ1) is 22.0. The topological polar surface area (TPSA) is 81.1 Å². The maximum absolute atomic E-state index is 13.5. The average Bonchev–Trinajstić information content (AvgIpc) is 3.29. The Hall–Kier alpha value is -3.78. The summed E-state index contributed by atoms with van der Waals surface area (Å²) >= 11 is 1.41. The normalized spacial score (nSPS) is 16.9. The van der Waals surface area contributed by atoms with Crippen LogP contribution in [0.1, 0.15) is 24.1 Å². The first-order valence-electron chi connectivity index (χ1n) is 11.2. The van der Waals surface area contributed by atoms with Gasteiger partial charge < -0.3 is 15.5 Å². The molecule has 0 radical (unpaired) electrons. The summed E-state index contributed by atoms with van der Waals surface area (Å²) in [6, 6.07) is 25.2. The molecule has 2 heterocycles. The van der Waals surface area contributed by atoms with Crippen molar-refractivity contribution in [2.75, 3.05) is 17.3 Å². The van der Waals surface area contributed by atoms with Crippen LogP contribution in [0.2, 0.25) is 0 Å². The molecule has 0 aliphatic carbocycles. The molecule has 0 spiro atoms. The Morgan fingerprint density at radius 3 is 2.50 bits per heavy atom. The minimum atomic E-state index is -0.460. The zero-order valence-electron chi connectivity index (χ0n) is 18.9. The molecule has 1 aliphatic heterocycles. The number of benzene rings is 3. The van der Waals surface area contributed by atoms with Gasteiger partial charge in [0, 0.05) is 11.3 Å². The second kappa shape index (κ2) is 9.61. The summed E-state index contributed by atoms with van der Waals surface area (Å²) in [4.78, 5) is 13.5. The van der Waals surface area contributed by atoms with Crippen molar-refractivity contribution in [3.63, 3.8) is 0 Å². The van der Waals surface area contributed by atoms with E-state index in [1.807, 2.05) is 97.4 Å². The summed E-state index contributed by atoms with van der Waals surface area (Å²) in [7, 11) is 0. The molecule has 5 rings (SSSR count). The van der Waals surface area contributed by atoms with Crippen molar-refractivity contribution in [1.29, 1.82) is 0 Å². The van der Waals surface area contributed by atoms with Gasteiger partial charge in [0.25, 0.3) is 0 Å². The van der Waals surface area contributed by atoms with Crippen LogP contribution in [0.25, 0.3) is 11.4 Å². The third-order valence-corrected chi connectivity index (χ3v) is 6.90. The molecule has 0 saturated carbocycles. The van der Waals surface area contributed by atoms with Crippen molar-refractivity contribution in [2.24, 2.45) is 0 Å². The van der Waals surface area contributed by atoms with E-state index in [0.29, 0.717) is 17.6 Å². The van der Waals surface area contributed by atoms with Gasteiger partial charge in [-0.05, 0) is 43.2 Å². The Bertz CT molecular complexity index is 1290. The van der Waals surface area contributed by atoms with Gasteiger partial charge in [-0.3, -0.25) is 4.79 Å². The second-order valence-electron chi connectivity index (χ2n) is 7.96. The number of rotatable bonds is 6. The monoisotopic (exact) mass is 471 g/mol. The third kappa shape index (κ3) is 4.36. The van der Waals surface area contributed by atoms with Gasteiger partial charge in [-0.2, -0.15) is 0 Å². The molecule has 172 valence electrons. The Morgan fingerprint density at radius 2 is 1.76 bits per heavy atom.